The summed E-state index contributed by atoms with van der Waals surface area (Å²) >= 11 is 1.63. The lowest BCUT2D eigenvalue weighted by Gasteiger charge is -2.33. The van der Waals surface area contributed by atoms with Crippen LogP contribution in [0.1, 0.15) is 29.5 Å². The van der Waals surface area contributed by atoms with E-state index in [1.165, 1.54) is 16.7 Å². The van der Waals surface area contributed by atoms with Crippen LogP contribution in [-0.4, -0.2) is 29.0 Å². The van der Waals surface area contributed by atoms with Crippen molar-refractivity contribution >= 4 is 45.7 Å². The molecule has 0 saturated carbocycles. The van der Waals surface area contributed by atoms with Gasteiger partial charge in [-0.05, 0) is 41.0 Å². The van der Waals surface area contributed by atoms with E-state index in [1.54, 1.807) is 17.7 Å². The van der Waals surface area contributed by atoms with E-state index in [0.717, 1.165) is 48.5 Å². The number of carbonyl (C=O) groups is 1. The number of fused-ring (bicyclic) bond motifs is 2. The third-order valence-corrected chi connectivity index (χ3v) is 6.52. The lowest BCUT2D eigenvalue weighted by Crippen LogP contribution is -2.43. The SMILES string of the molecule is Cl.O=C(NCc1ccc2c(c1)CNC2)C1CCCN(c2ncnc3sccc23)C1. The Labute approximate surface area is 180 Å². The fraction of sp³-hybridized carbons (Fsp3) is 0.381. The van der Waals surface area contributed by atoms with Gasteiger partial charge >= 0.3 is 0 Å². The zero-order valence-electron chi connectivity index (χ0n) is 16.1. The third-order valence-electron chi connectivity index (χ3n) is 5.70. The van der Waals surface area contributed by atoms with Crippen molar-refractivity contribution < 1.29 is 4.79 Å². The molecule has 2 aliphatic heterocycles. The highest BCUT2D eigenvalue weighted by Gasteiger charge is 2.27. The van der Waals surface area contributed by atoms with Crippen molar-refractivity contribution in [1.82, 2.24) is 20.6 Å². The second kappa shape index (κ2) is 8.65. The van der Waals surface area contributed by atoms with Crippen molar-refractivity contribution in [2.24, 2.45) is 5.92 Å². The van der Waals surface area contributed by atoms with Gasteiger partial charge in [0, 0.05) is 32.7 Å². The molecule has 0 radical (unpaired) electrons. The van der Waals surface area contributed by atoms with E-state index in [-0.39, 0.29) is 24.2 Å². The summed E-state index contributed by atoms with van der Waals surface area (Å²) in [6.07, 6.45) is 3.55. The Bertz CT molecular complexity index is 1020. The zero-order valence-corrected chi connectivity index (χ0v) is 17.7. The first kappa shape index (κ1) is 20.1. The van der Waals surface area contributed by atoms with Crippen LogP contribution in [0.3, 0.4) is 0 Å². The van der Waals surface area contributed by atoms with Crippen LogP contribution in [0.2, 0.25) is 0 Å². The van der Waals surface area contributed by atoms with Crippen LogP contribution >= 0.6 is 23.7 Å². The highest BCUT2D eigenvalue weighted by molar-refractivity contribution is 7.16. The molecule has 1 atom stereocenters. The lowest BCUT2D eigenvalue weighted by atomic mass is 9.96. The minimum Gasteiger partial charge on any atom is -0.355 e. The standard InChI is InChI=1S/C21H23N5OS.ClH/c27-20(23-9-14-3-4-15-10-22-11-17(15)8-14)16-2-1-6-26(12-16)19-18-5-7-28-21(18)25-13-24-19;/h3-5,7-8,13,16,22H,1-2,6,9-12H2,(H,23,27);1H. The summed E-state index contributed by atoms with van der Waals surface area (Å²) in [6, 6.07) is 8.56. The van der Waals surface area contributed by atoms with Crippen molar-refractivity contribution in [1.29, 1.82) is 0 Å². The number of hydrogen-bond donors (Lipinski definition) is 2. The Morgan fingerprint density at radius 3 is 3.07 bits per heavy atom. The second-order valence-electron chi connectivity index (χ2n) is 7.55. The molecule has 1 amide bonds. The van der Waals surface area contributed by atoms with Gasteiger partial charge in [0.2, 0.25) is 5.91 Å². The molecule has 5 rings (SSSR count). The van der Waals surface area contributed by atoms with Crippen LogP contribution in [0.4, 0.5) is 5.82 Å². The Kier molecular flexibility index (Phi) is 5.99. The molecule has 2 N–H and O–H groups in total. The maximum absolute atomic E-state index is 12.8. The molecule has 1 fully saturated rings. The summed E-state index contributed by atoms with van der Waals surface area (Å²) in [4.78, 5) is 24.9. The number of benzene rings is 1. The van der Waals surface area contributed by atoms with Crippen molar-refractivity contribution in [3.8, 4) is 0 Å². The van der Waals surface area contributed by atoms with Crippen LogP contribution in [0.25, 0.3) is 10.2 Å². The fourth-order valence-corrected chi connectivity index (χ4v) is 4.93. The molecular weight excluding hydrogens is 406 g/mol. The van der Waals surface area contributed by atoms with E-state index in [4.69, 9.17) is 0 Å². The van der Waals surface area contributed by atoms with E-state index in [9.17, 15) is 4.79 Å². The summed E-state index contributed by atoms with van der Waals surface area (Å²) in [6.45, 7) is 4.10. The maximum Gasteiger partial charge on any atom is 0.225 e. The number of rotatable bonds is 4. The monoisotopic (exact) mass is 429 g/mol. The van der Waals surface area contributed by atoms with Gasteiger partial charge in [-0.25, -0.2) is 9.97 Å². The molecule has 2 aliphatic rings. The van der Waals surface area contributed by atoms with Gasteiger partial charge in [-0.1, -0.05) is 18.2 Å². The number of hydrogen-bond acceptors (Lipinski definition) is 6. The second-order valence-corrected chi connectivity index (χ2v) is 8.44. The van der Waals surface area contributed by atoms with Gasteiger partial charge in [-0.3, -0.25) is 4.79 Å². The Morgan fingerprint density at radius 1 is 1.24 bits per heavy atom. The van der Waals surface area contributed by atoms with E-state index >= 15 is 0 Å². The number of carbonyl (C=O) groups excluding carboxylic acids is 1. The maximum atomic E-state index is 12.8. The first-order valence-corrected chi connectivity index (χ1v) is 10.7. The van der Waals surface area contributed by atoms with Crippen molar-refractivity contribution in [3.63, 3.8) is 0 Å². The van der Waals surface area contributed by atoms with Crippen LogP contribution in [0.5, 0.6) is 0 Å². The minimum absolute atomic E-state index is 0. The molecule has 3 aromatic rings. The van der Waals surface area contributed by atoms with E-state index in [0.29, 0.717) is 13.1 Å². The Morgan fingerprint density at radius 2 is 2.14 bits per heavy atom. The molecule has 0 spiro atoms. The number of anilines is 1. The Balaban J connectivity index is 0.00000205. The van der Waals surface area contributed by atoms with Crippen LogP contribution < -0.4 is 15.5 Å². The number of halogens is 1. The molecule has 1 aromatic carbocycles. The van der Waals surface area contributed by atoms with Crippen molar-refractivity contribution in [3.05, 3.63) is 52.7 Å². The zero-order chi connectivity index (χ0) is 18.9. The highest BCUT2D eigenvalue weighted by atomic mass is 35.5. The molecule has 1 unspecified atom stereocenters. The molecule has 152 valence electrons. The number of thiophene rings is 1. The topological polar surface area (TPSA) is 70.2 Å². The molecule has 6 nitrogen and oxygen atoms in total. The molecule has 29 heavy (non-hydrogen) atoms. The molecule has 4 heterocycles. The molecule has 1 saturated heterocycles. The summed E-state index contributed by atoms with van der Waals surface area (Å²) < 4.78 is 0. The van der Waals surface area contributed by atoms with E-state index in [2.05, 4.69) is 49.8 Å². The summed E-state index contributed by atoms with van der Waals surface area (Å²) in [5.74, 6) is 1.09. The predicted octanol–water partition coefficient (Wildman–Crippen LogP) is 3.25. The van der Waals surface area contributed by atoms with Crippen LogP contribution in [0.15, 0.2) is 36.0 Å². The summed E-state index contributed by atoms with van der Waals surface area (Å²) in [5.41, 5.74) is 3.88. The van der Waals surface area contributed by atoms with E-state index in [1.807, 2.05) is 5.38 Å². The first-order chi connectivity index (χ1) is 13.8. The van der Waals surface area contributed by atoms with Gasteiger partial charge in [-0.2, -0.15) is 0 Å². The number of amides is 1. The van der Waals surface area contributed by atoms with Crippen LogP contribution in [0, 0.1) is 5.92 Å². The normalized spacial score (nSPS) is 18.3. The van der Waals surface area contributed by atoms with Gasteiger partial charge in [0.1, 0.15) is 17.0 Å². The van der Waals surface area contributed by atoms with Gasteiger partial charge in [0.15, 0.2) is 0 Å². The first-order valence-electron chi connectivity index (χ1n) is 9.80. The third kappa shape index (κ3) is 4.08. The predicted molar refractivity (Wildman–Crippen MR) is 118 cm³/mol. The van der Waals surface area contributed by atoms with Gasteiger partial charge < -0.3 is 15.5 Å². The molecule has 2 aromatic heterocycles. The number of nitrogens with zero attached hydrogens (tertiary/aromatic N) is 3. The number of aromatic nitrogens is 2. The number of piperidine rings is 1. The van der Waals surface area contributed by atoms with Crippen molar-refractivity contribution in [2.75, 3.05) is 18.0 Å². The largest absolute Gasteiger partial charge is 0.355 e. The van der Waals surface area contributed by atoms with Crippen LogP contribution in [-0.2, 0) is 24.4 Å². The minimum atomic E-state index is -0.00602. The number of nitrogens with one attached hydrogen (secondary N) is 2. The quantitative estimate of drug-likeness (QED) is 0.666. The summed E-state index contributed by atoms with van der Waals surface area (Å²) in [7, 11) is 0. The molecular formula is C21H24ClN5OS. The lowest BCUT2D eigenvalue weighted by molar-refractivity contribution is -0.125. The molecule has 0 bridgehead atoms. The molecule has 8 heteroatoms. The van der Waals surface area contributed by atoms with Gasteiger partial charge in [0.25, 0.3) is 0 Å². The smallest absolute Gasteiger partial charge is 0.225 e. The van der Waals surface area contributed by atoms with E-state index < -0.39 is 0 Å². The summed E-state index contributed by atoms with van der Waals surface area (Å²) in [5, 5.41) is 9.64. The van der Waals surface area contributed by atoms with Crippen molar-refractivity contribution in [2.45, 2.75) is 32.5 Å². The molecule has 0 aliphatic carbocycles. The fourth-order valence-electron chi connectivity index (χ4n) is 4.20. The highest BCUT2D eigenvalue weighted by Crippen LogP contribution is 2.30. The average Bonchev–Trinajstić information content (AvgIpc) is 3.40. The Hall–Kier alpha value is -2.22. The average molecular weight is 430 g/mol. The van der Waals surface area contributed by atoms with Gasteiger partial charge in [-0.15, -0.1) is 23.7 Å². The van der Waals surface area contributed by atoms with Gasteiger partial charge in [0.05, 0.1) is 11.3 Å².